The molecule has 0 N–H and O–H groups in total. The summed E-state index contributed by atoms with van der Waals surface area (Å²) in [6, 6.07) is 41.3. The molecule has 1 spiro atoms. The molecule has 0 amide bonds. The van der Waals surface area contributed by atoms with Crippen molar-refractivity contribution >= 4 is 46.9 Å². The summed E-state index contributed by atoms with van der Waals surface area (Å²) in [5, 5.41) is 7.28. The first-order valence-electron chi connectivity index (χ1n) is 18.9. The molecule has 2 aliphatic carbocycles. The number of hydrogen-bond donors (Lipinski definition) is 0. The van der Waals surface area contributed by atoms with Gasteiger partial charge in [-0.2, -0.15) is 0 Å². The SMILES string of the molecule is Cc1cc(C)cc(P(c2cc(C)cc(C)c2)c2cccc3c2[C@@]2(CC3)CCc3cccc(P(=O)(c4ccc(C)cc4C)c4ccc(C)cc4C)c32)c1. The predicted octanol–water partition coefficient (Wildman–Crippen LogP) is 9.73. The van der Waals surface area contributed by atoms with E-state index in [0.717, 1.165) is 52.7 Å². The average Bonchev–Trinajstić information content (AvgIpc) is 3.65. The molecule has 0 radical (unpaired) electrons. The van der Waals surface area contributed by atoms with Gasteiger partial charge < -0.3 is 4.57 Å². The molecule has 0 saturated carbocycles. The van der Waals surface area contributed by atoms with Gasteiger partial charge in [-0.3, -0.25) is 0 Å². The van der Waals surface area contributed by atoms with Gasteiger partial charge in [-0.05, 0) is 138 Å². The van der Waals surface area contributed by atoms with Crippen molar-refractivity contribution in [2.75, 3.05) is 0 Å². The normalized spacial score (nSPS) is 16.5. The van der Waals surface area contributed by atoms with E-state index in [-0.39, 0.29) is 5.41 Å². The van der Waals surface area contributed by atoms with Crippen LogP contribution in [0.5, 0.6) is 0 Å². The van der Waals surface area contributed by atoms with E-state index in [1.165, 1.54) is 71.5 Å². The van der Waals surface area contributed by atoms with Crippen molar-refractivity contribution in [3.63, 3.8) is 0 Å². The third-order valence-electron chi connectivity index (χ3n) is 11.7. The number of rotatable bonds is 6. The third-order valence-corrected chi connectivity index (χ3v) is 17.6. The van der Waals surface area contributed by atoms with Gasteiger partial charge in [0.25, 0.3) is 0 Å². The zero-order valence-electron chi connectivity index (χ0n) is 32.0. The van der Waals surface area contributed by atoms with Gasteiger partial charge in [0.2, 0.25) is 0 Å². The van der Waals surface area contributed by atoms with E-state index in [1.807, 2.05) is 0 Å². The summed E-state index contributed by atoms with van der Waals surface area (Å²) >= 11 is 0. The maximum atomic E-state index is 16.7. The van der Waals surface area contributed by atoms with E-state index >= 15 is 4.57 Å². The predicted molar refractivity (Wildman–Crippen MR) is 226 cm³/mol. The summed E-state index contributed by atoms with van der Waals surface area (Å²) < 4.78 is 16.7. The minimum absolute atomic E-state index is 0.205. The van der Waals surface area contributed by atoms with Gasteiger partial charge in [-0.15, -0.1) is 0 Å². The maximum Gasteiger partial charge on any atom is 0.171 e. The Morgan fingerprint density at radius 3 is 1.42 bits per heavy atom. The first-order chi connectivity index (χ1) is 24.9. The van der Waals surface area contributed by atoms with E-state index in [4.69, 9.17) is 0 Å². The molecule has 0 unspecified atom stereocenters. The fraction of sp³-hybridized carbons (Fsp3) is 0.265. The van der Waals surface area contributed by atoms with Crippen molar-refractivity contribution in [2.45, 2.75) is 86.5 Å². The van der Waals surface area contributed by atoms with Gasteiger partial charge in [0, 0.05) is 21.3 Å². The lowest BCUT2D eigenvalue weighted by Crippen LogP contribution is -2.37. The topological polar surface area (TPSA) is 17.1 Å². The first kappa shape index (κ1) is 35.0. The van der Waals surface area contributed by atoms with Gasteiger partial charge in [-0.1, -0.05) is 143 Å². The Labute approximate surface area is 312 Å². The Bertz CT molecular complexity index is 2300. The van der Waals surface area contributed by atoms with E-state index in [0.29, 0.717) is 0 Å². The Hall–Kier alpha value is -4.02. The van der Waals surface area contributed by atoms with Crippen LogP contribution < -0.4 is 31.8 Å². The van der Waals surface area contributed by atoms with E-state index in [2.05, 4.69) is 165 Å². The Morgan fingerprint density at radius 2 is 0.942 bits per heavy atom. The van der Waals surface area contributed by atoms with Crippen molar-refractivity contribution in [1.29, 1.82) is 0 Å². The summed E-state index contributed by atoms with van der Waals surface area (Å²) in [6.07, 6.45) is 4.14. The Kier molecular flexibility index (Phi) is 8.84. The summed E-state index contributed by atoms with van der Waals surface area (Å²) in [5.74, 6) is 0. The molecule has 6 aromatic rings. The molecular formula is C49H50OP2. The highest BCUT2D eigenvalue weighted by molar-refractivity contribution is 7.85. The van der Waals surface area contributed by atoms with Crippen LogP contribution in [0.1, 0.15) is 79.6 Å². The maximum absolute atomic E-state index is 16.7. The Balaban J connectivity index is 1.43. The molecule has 3 heteroatoms. The minimum Gasteiger partial charge on any atom is -0.309 e. The lowest BCUT2D eigenvalue weighted by atomic mass is 9.76. The number of benzene rings is 6. The molecule has 0 bridgehead atoms. The number of hydrogen-bond acceptors (Lipinski definition) is 1. The largest absolute Gasteiger partial charge is 0.309 e. The Morgan fingerprint density at radius 1 is 0.481 bits per heavy atom. The fourth-order valence-corrected chi connectivity index (χ4v) is 16.3. The van der Waals surface area contributed by atoms with Gasteiger partial charge in [0.15, 0.2) is 7.14 Å². The second kappa shape index (κ2) is 13.1. The molecule has 6 aromatic carbocycles. The van der Waals surface area contributed by atoms with Crippen molar-refractivity contribution in [3.05, 3.63) is 176 Å². The molecule has 0 saturated heterocycles. The van der Waals surface area contributed by atoms with E-state index in [1.54, 1.807) is 0 Å². The molecule has 0 heterocycles. The highest BCUT2D eigenvalue weighted by atomic mass is 31.2. The molecule has 262 valence electrons. The van der Waals surface area contributed by atoms with Crippen molar-refractivity contribution in [1.82, 2.24) is 0 Å². The lowest BCUT2D eigenvalue weighted by Gasteiger charge is -2.35. The van der Waals surface area contributed by atoms with Crippen LogP contribution in [0.25, 0.3) is 0 Å². The zero-order chi connectivity index (χ0) is 36.5. The molecule has 1 nitrogen and oxygen atoms in total. The van der Waals surface area contributed by atoms with Crippen LogP contribution in [-0.2, 0) is 22.8 Å². The molecule has 0 aromatic heterocycles. The third kappa shape index (κ3) is 5.68. The smallest absolute Gasteiger partial charge is 0.171 e. The van der Waals surface area contributed by atoms with Gasteiger partial charge in [-0.25, -0.2) is 0 Å². The highest BCUT2D eigenvalue weighted by Gasteiger charge is 2.51. The van der Waals surface area contributed by atoms with Gasteiger partial charge >= 0.3 is 0 Å². The van der Waals surface area contributed by atoms with Crippen LogP contribution in [0.15, 0.2) is 109 Å². The van der Waals surface area contributed by atoms with Crippen LogP contribution in [0.2, 0.25) is 0 Å². The molecule has 8 rings (SSSR count). The monoisotopic (exact) mass is 716 g/mol. The minimum atomic E-state index is -3.30. The van der Waals surface area contributed by atoms with Crippen molar-refractivity contribution in [3.8, 4) is 0 Å². The second-order valence-corrected chi connectivity index (χ2v) is 20.8. The summed E-state index contributed by atoms with van der Waals surface area (Å²) in [6.45, 7) is 17.5. The van der Waals surface area contributed by atoms with Crippen molar-refractivity contribution in [2.24, 2.45) is 0 Å². The summed E-state index contributed by atoms with van der Waals surface area (Å²) in [7, 11) is -4.16. The quantitative estimate of drug-likeness (QED) is 0.157. The molecule has 1 atom stereocenters. The van der Waals surface area contributed by atoms with Gasteiger partial charge in [0.05, 0.1) is 0 Å². The average molecular weight is 717 g/mol. The zero-order valence-corrected chi connectivity index (χ0v) is 33.8. The lowest BCUT2D eigenvalue weighted by molar-refractivity contribution is 0.511. The summed E-state index contributed by atoms with van der Waals surface area (Å²) in [5.41, 5.74) is 15.3. The molecule has 0 fully saturated rings. The molecular weight excluding hydrogens is 666 g/mol. The van der Waals surface area contributed by atoms with Crippen LogP contribution in [0, 0.1) is 55.4 Å². The van der Waals surface area contributed by atoms with Crippen molar-refractivity contribution < 1.29 is 4.57 Å². The summed E-state index contributed by atoms with van der Waals surface area (Å²) in [4.78, 5) is 0. The molecule has 52 heavy (non-hydrogen) atoms. The van der Waals surface area contributed by atoms with E-state index in [9.17, 15) is 0 Å². The number of aryl methyl sites for hydroxylation is 10. The standard InChI is InChI=1S/C49H50OP2/c1-31-15-17-44(37(7)25-31)52(50,45-18-16-32(2)26-38(45)8)46-14-10-12-40-20-22-49(48(40)46)21-19-39-11-9-13-43(47(39)49)51(41-27-33(3)23-34(4)28-41)42-29-35(5)24-36(6)30-42/h9-18,23-30H,19-22H2,1-8H3/t49-/m1/s1. The van der Waals surface area contributed by atoms with Crippen LogP contribution in [-0.4, -0.2) is 0 Å². The fourth-order valence-electron chi connectivity index (χ4n) is 9.88. The van der Waals surface area contributed by atoms with Gasteiger partial charge in [0.1, 0.15) is 0 Å². The van der Waals surface area contributed by atoms with Crippen LogP contribution >= 0.6 is 15.1 Å². The van der Waals surface area contributed by atoms with E-state index < -0.39 is 15.1 Å². The second-order valence-electron chi connectivity index (χ2n) is 15.9. The van der Waals surface area contributed by atoms with Crippen LogP contribution in [0.3, 0.4) is 0 Å². The van der Waals surface area contributed by atoms with Crippen LogP contribution in [0.4, 0.5) is 0 Å². The number of fused-ring (bicyclic) bond motifs is 4. The first-order valence-corrected chi connectivity index (χ1v) is 21.9. The highest BCUT2D eigenvalue weighted by Crippen LogP contribution is 2.57. The molecule has 0 aliphatic heterocycles. The molecule has 2 aliphatic rings.